The van der Waals surface area contributed by atoms with E-state index < -0.39 is 25.2 Å². The highest BCUT2D eigenvalue weighted by Gasteiger charge is 2.47. The van der Waals surface area contributed by atoms with Crippen molar-refractivity contribution in [1.82, 2.24) is 19.1 Å². The van der Waals surface area contributed by atoms with Crippen LogP contribution in [0.3, 0.4) is 0 Å². The van der Waals surface area contributed by atoms with Gasteiger partial charge in [-0.1, -0.05) is 12.8 Å². The number of halogens is 2. The van der Waals surface area contributed by atoms with E-state index in [9.17, 15) is 18.1 Å². The van der Waals surface area contributed by atoms with Crippen LogP contribution in [0.5, 0.6) is 0 Å². The lowest BCUT2D eigenvalue weighted by molar-refractivity contribution is 0.0476. The van der Waals surface area contributed by atoms with Crippen molar-refractivity contribution in [2.24, 2.45) is 0 Å². The van der Waals surface area contributed by atoms with Crippen LogP contribution in [-0.4, -0.2) is 34.6 Å². The Hall–Kier alpha value is -1.84. The third kappa shape index (κ3) is 4.28. The Morgan fingerprint density at radius 3 is 2.54 bits per heavy atom. The van der Waals surface area contributed by atoms with Crippen LogP contribution in [0, 0.1) is 0 Å². The van der Waals surface area contributed by atoms with Crippen molar-refractivity contribution in [2.45, 2.75) is 57.8 Å². The molecule has 2 rings (SSSR count). The summed E-state index contributed by atoms with van der Waals surface area (Å²) in [4.78, 5) is 37.1. The number of fused-ring (bicyclic) bond motifs is 1. The quantitative estimate of drug-likeness (QED) is 0.437. The molecular formula is C14H22F2N5O4P. The van der Waals surface area contributed by atoms with Gasteiger partial charge in [-0.05, 0) is 19.8 Å². The van der Waals surface area contributed by atoms with Crippen molar-refractivity contribution >= 4 is 24.7 Å². The lowest BCUT2D eigenvalue weighted by Crippen LogP contribution is -2.20. The Labute approximate surface area is 148 Å². The molecule has 0 fully saturated rings. The fraction of sp³-hybridized carbons (Fsp3) is 0.643. The molecule has 2 heterocycles. The second-order valence-electron chi connectivity index (χ2n) is 6.00. The molecule has 26 heavy (non-hydrogen) atoms. The van der Waals surface area contributed by atoms with E-state index in [1.54, 1.807) is 9.13 Å². The first-order valence-corrected chi connectivity index (χ1v) is 9.84. The van der Waals surface area contributed by atoms with E-state index in [1.807, 2.05) is 6.92 Å². The largest absolute Gasteiger partial charge is 0.394 e. The van der Waals surface area contributed by atoms with Crippen LogP contribution in [-0.2, 0) is 17.7 Å². The summed E-state index contributed by atoms with van der Waals surface area (Å²) < 4.78 is 40.3. The van der Waals surface area contributed by atoms with Crippen LogP contribution in [0.25, 0.3) is 11.2 Å². The standard InChI is InChI=1S/C14H22F2N5O4P/c1-2-20-9-18-11-10(20)12(22)19-13(17)21(11)8-6-4-3-5-7-14(15,16)26(23,24)25/h9H,2-8H2,1H3,(H2,17,19,22)(H2,23,24,25). The first-order chi connectivity index (χ1) is 12.1. The van der Waals surface area contributed by atoms with Gasteiger partial charge in [-0.15, -0.1) is 0 Å². The van der Waals surface area contributed by atoms with E-state index in [1.165, 1.54) is 6.33 Å². The highest BCUT2D eigenvalue weighted by Crippen LogP contribution is 2.55. The Morgan fingerprint density at radius 2 is 1.92 bits per heavy atom. The molecule has 0 bridgehead atoms. The number of unbranched alkanes of at least 4 members (excludes halogenated alkanes) is 3. The van der Waals surface area contributed by atoms with Gasteiger partial charge in [0.2, 0.25) is 5.95 Å². The normalized spacial score (nSPS) is 12.8. The topological polar surface area (TPSA) is 136 Å². The van der Waals surface area contributed by atoms with Crippen LogP contribution in [0.4, 0.5) is 14.7 Å². The monoisotopic (exact) mass is 393 g/mol. The number of nitrogens with two attached hydrogens (primary N) is 1. The number of nitrogen functional groups attached to an aromatic ring is 1. The molecular weight excluding hydrogens is 371 g/mol. The average molecular weight is 393 g/mol. The zero-order chi connectivity index (χ0) is 19.5. The number of hydrogen-bond donors (Lipinski definition) is 3. The number of hydrogen-bond acceptors (Lipinski definition) is 5. The summed E-state index contributed by atoms with van der Waals surface area (Å²) in [5.41, 5.74) is 2.15. The highest BCUT2D eigenvalue weighted by atomic mass is 31.2. The number of nitrogens with zero attached hydrogens (tertiary/aromatic N) is 4. The van der Waals surface area contributed by atoms with Gasteiger partial charge in [0.1, 0.15) is 0 Å². The predicted molar refractivity (Wildman–Crippen MR) is 92.0 cm³/mol. The minimum absolute atomic E-state index is 0.00409. The molecule has 2 aromatic heterocycles. The number of alkyl halides is 2. The molecule has 0 aliphatic carbocycles. The molecule has 0 atom stereocenters. The van der Waals surface area contributed by atoms with Gasteiger partial charge in [-0.3, -0.25) is 13.9 Å². The summed E-state index contributed by atoms with van der Waals surface area (Å²) in [5.74, 6) is 0.0388. The summed E-state index contributed by atoms with van der Waals surface area (Å²) in [6.07, 6.45) is 2.19. The lowest BCUT2D eigenvalue weighted by atomic mass is 10.1. The zero-order valence-corrected chi connectivity index (χ0v) is 15.2. The maximum atomic E-state index is 13.2. The van der Waals surface area contributed by atoms with Gasteiger partial charge in [0.25, 0.3) is 0 Å². The molecule has 0 spiro atoms. The molecule has 0 aliphatic heterocycles. The van der Waals surface area contributed by atoms with Gasteiger partial charge < -0.3 is 20.1 Å². The van der Waals surface area contributed by atoms with E-state index in [-0.39, 0.29) is 12.4 Å². The van der Waals surface area contributed by atoms with Gasteiger partial charge in [0.15, 0.2) is 11.2 Å². The van der Waals surface area contributed by atoms with Crippen LogP contribution >= 0.6 is 7.60 Å². The van der Waals surface area contributed by atoms with E-state index in [4.69, 9.17) is 15.5 Å². The van der Waals surface area contributed by atoms with Crippen LogP contribution < -0.4 is 11.3 Å². The third-order valence-electron chi connectivity index (χ3n) is 4.15. The number of anilines is 1. The summed E-state index contributed by atoms with van der Waals surface area (Å²) in [6.45, 7) is 2.84. The first-order valence-electron chi connectivity index (χ1n) is 8.23. The molecule has 146 valence electrons. The minimum Gasteiger partial charge on any atom is -0.369 e. The fourth-order valence-electron chi connectivity index (χ4n) is 2.68. The molecule has 12 heteroatoms. The SMILES string of the molecule is CCn1cnc2c1c(=O)nc(N)n2CCCCCCC(F)(F)P(=O)(O)O. The van der Waals surface area contributed by atoms with Gasteiger partial charge in [-0.2, -0.15) is 13.8 Å². The fourth-order valence-corrected chi connectivity index (χ4v) is 3.13. The van der Waals surface area contributed by atoms with Crippen molar-refractivity contribution in [3.05, 3.63) is 16.7 Å². The van der Waals surface area contributed by atoms with E-state index in [0.717, 1.165) is 0 Å². The second kappa shape index (κ2) is 7.81. The molecule has 0 aromatic carbocycles. The zero-order valence-electron chi connectivity index (χ0n) is 14.3. The minimum atomic E-state index is -5.41. The Balaban J connectivity index is 1.94. The van der Waals surface area contributed by atoms with Crippen molar-refractivity contribution in [3.8, 4) is 0 Å². The molecule has 0 saturated heterocycles. The van der Waals surface area contributed by atoms with Crippen molar-refractivity contribution in [2.75, 3.05) is 5.73 Å². The summed E-state index contributed by atoms with van der Waals surface area (Å²) >= 11 is 0. The van der Waals surface area contributed by atoms with Gasteiger partial charge in [-0.25, -0.2) is 4.98 Å². The van der Waals surface area contributed by atoms with Crippen LogP contribution in [0.1, 0.15) is 39.0 Å². The lowest BCUT2D eigenvalue weighted by Gasteiger charge is -2.17. The van der Waals surface area contributed by atoms with Crippen LogP contribution in [0.15, 0.2) is 11.1 Å². The highest BCUT2D eigenvalue weighted by molar-refractivity contribution is 7.53. The van der Waals surface area contributed by atoms with E-state index >= 15 is 0 Å². The van der Waals surface area contributed by atoms with Crippen molar-refractivity contribution < 1.29 is 23.1 Å². The summed E-state index contributed by atoms with van der Waals surface area (Å²) in [7, 11) is -5.41. The molecule has 0 aliphatic rings. The number of aryl methyl sites for hydroxylation is 2. The Morgan fingerprint density at radius 1 is 1.27 bits per heavy atom. The van der Waals surface area contributed by atoms with E-state index in [2.05, 4.69) is 9.97 Å². The molecule has 0 amide bonds. The smallest absolute Gasteiger partial charge is 0.369 e. The van der Waals surface area contributed by atoms with Gasteiger partial charge >= 0.3 is 18.8 Å². The first kappa shape index (κ1) is 20.5. The summed E-state index contributed by atoms with van der Waals surface area (Å²) in [5, 5.41) is 0. The molecule has 9 nitrogen and oxygen atoms in total. The van der Waals surface area contributed by atoms with E-state index in [0.29, 0.717) is 43.5 Å². The molecule has 4 N–H and O–H groups in total. The summed E-state index contributed by atoms with van der Waals surface area (Å²) in [6, 6.07) is 0. The maximum absolute atomic E-state index is 13.2. The molecule has 0 unspecified atom stereocenters. The van der Waals surface area contributed by atoms with Crippen LogP contribution in [0.2, 0.25) is 0 Å². The molecule has 0 radical (unpaired) electrons. The molecule has 2 aromatic rings. The Kier molecular flexibility index (Phi) is 6.15. The number of imidazole rings is 1. The van der Waals surface area contributed by atoms with Crippen molar-refractivity contribution in [1.29, 1.82) is 0 Å². The number of rotatable bonds is 9. The second-order valence-corrected chi connectivity index (χ2v) is 7.75. The average Bonchev–Trinajstić information content (AvgIpc) is 2.96. The maximum Gasteiger partial charge on any atom is 0.394 e. The van der Waals surface area contributed by atoms with Gasteiger partial charge in [0, 0.05) is 19.5 Å². The third-order valence-corrected chi connectivity index (χ3v) is 5.22. The molecule has 0 saturated carbocycles. The van der Waals surface area contributed by atoms with Crippen molar-refractivity contribution in [3.63, 3.8) is 0 Å². The Bertz CT molecular complexity index is 876. The number of aromatic nitrogens is 4. The predicted octanol–water partition coefficient (Wildman–Crippen LogP) is 1.92. The van der Waals surface area contributed by atoms with Gasteiger partial charge in [0.05, 0.1) is 6.33 Å².